The second-order valence-electron chi connectivity index (χ2n) is 4.17. The van der Waals surface area contributed by atoms with Gasteiger partial charge >= 0.3 is 0 Å². The van der Waals surface area contributed by atoms with E-state index in [2.05, 4.69) is 22.2 Å². The normalized spacial score (nSPS) is 17.1. The van der Waals surface area contributed by atoms with Gasteiger partial charge in [-0.1, -0.05) is 19.8 Å². The van der Waals surface area contributed by atoms with Gasteiger partial charge in [-0.2, -0.15) is 0 Å². The summed E-state index contributed by atoms with van der Waals surface area (Å²) >= 11 is 0. The Morgan fingerprint density at radius 2 is 2.20 bits per heavy atom. The summed E-state index contributed by atoms with van der Waals surface area (Å²) in [7, 11) is 0. The molecule has 3 nitrogen and oxygen atoms in total. The van der Waals surface area contributed by atoms with E-state index in [9.17, 15) is 0 Å². The molecule has 1 aromatic heterocycles. The first kappa shape index (κ1) is 10.6. The van der Waals surface area contributed by atoms with Crippen molar-refractivity contribution in [2.75, 3.05) is 6.54 Å². The van der Waals surface area contributed by atoms with Crippen LogP contribution in [0.5, 0.6) is 0 Å². The first-order chi connectivity index (χ1) is 7.40. The predicted octanol–water partition coefficient (Wildman–Crippen LogP) is 2.24. The fourth-order valence-electron chi connectivity index (χ4n) is 2.15. The van der Waals surface area contributed by atoms with Crippen molar-refractivity contribution in [3.63, 3.8) is 0 Å². The average molecular weight is 205 g/mol. The van der Waals surface area contributed by atoms with Gasteiger partial charge < -0.3 is 5.32 Å². The highest BCUT2D eigenvalue weighted by atomic mass is 14.9. The number of nitrogens with zero attached hydrogens (tertiary/aromatic N) is 2. The summed E-state index contributed by atoms with van der Waals surface area (Å²) in [6.45, 7) is 3.96. The Hall–Kier alpha value is -0.960. The van der Waals surface area contributed by atoms with E-state index in [0.29, 0.717) is 5.92 Å². The van der Waals surface area contributed by atoms with Crippen molar-refractivity contribution in [3.8, 4) is 0 Å². The lowest BCUT2D eigenvalue weighted by atomic mass is 10.1. The van der Waals surface area contributed by atoms with Crippen LogP contribution in [0.3, 0.4) is 0 Å². The molecule has 1 heterocycles. The number of rotatable bonds is 4. The number of hydrogen-bond acceptors (Lipinski definition) is 3. The van der Waals surface area contributed by atoms with Crippen LogP contribution in [-0.4, -0.2) is 16.5 Å². The van der Waals surface area contributed by atoms with Crippen LogP contribution in [0, 0.1) is 0 Å². The molecule has 1 N–H and O–H groups in total. The molecule has 2 rings (SSSR count). The van der Waals surface area contributed by atoms with Crippen LogP contribution < -0.4 is 5.32 Å². The van der Waals surface area contributed by atoms with Crippen LogP contribution in [0.4, 0.5) is 0 Å². The minimum atomic E-state index is 0.617. The SMILES string of the molecule is CCNCc1ccnc(C2CCCC2)n1. The molecule has 0 amide bonds. The highest BCUT2D eigenvalue weighted by Gasteiger charge is 2.19. The van der Waals surface area contributed by atoms with Crippen LogP contribution in [-0.2, 0) is 6.54 Å². The molecule has 0 unspecified atom stereocenters. The Bertz CT molecular complexity index is 305. The van der Waals surface area contributed by atoms with Gasteiger partial charge in [0.05, 0.1) is 5.69 Å². The van der Waals surface area contributed by atoms with Crippen molar-refractivity contribution in [1.82, 2.24) is 15.3 Å². The monoisotopic (exact) mass is 205 g/mol. The molecule has 1 aromatic rings. The average Bonchev–Trinajstić information content (AvgIpc) is 2.80. The lowest BCUT2D eigenvalue weighted by molar-refractivity contribution is 0.644. The minimum absolute atomic E-state index is 0.617. The first-order valence-electron chi connectivity index (χ1n) is 5.92. The van der Waals surface area contributed by atoms with E-state index in [1.54, 1.807) is 0 Å². The fraction of sp³-hybridized carbons (Fsp3) is 0.667. The van der Waals surface area contributed by atoms with Gasteiger partial charge in [-0.05, 0) is 25.5 Å². The Kier molecular flexibility index (Phi) is 3.67. The third-order valence-corrected chi connectivity index (χ3v) is 3.01. The van der Waals surface area contributed by atoms with E-state index in [0.717, 1.165) is 24.6 Å². The number of nitrogens with one attached hydrogen (secondary N) is 1. The van der Waals surface area contributed by atoms with Crippen molar-refractivity contribution in [3.05, 3.63) is 23.8 Å². The molecule has 3 heteroatoms. The van der Waals surface area contributed by atoms with Crippen molar-refractivity contribution in [1.29, 1.82) is 0 Å². The van der Waals surface area contributed by atoms with E-state index in [1.807, 2.05) is 12.3 Å². The minimum Gasteiger partial charge on any atom is -0.311 e. The summed E-state index contributed by atoms with van der Waals surface area (Å²) in [5.74, 6) is 1.68. The lowest BCUT2D eigenvalue weighted by Crippen LogP contribution is -2.14. The highest BCUT2D eigenvalue weighted by Crippen LogP contribution is 2.31. The molecule has 0 bridgehead atoms. The molecule has 15 heavy (non-hydrogen) atoms. The molecule has 0 radical (unpaired) electrons. The van der Waals surface area contributed by atoms with E-state index < -0.39 is 0 Å². The van der Waals surface area contributed by atoms with E-state index >= 15 is 0 Å². The third kappa shape index (κ3) is 2.75. The molecular formula is C12H19N3. The molecule has 0 spiro atoms. The van der Waals surface area contributed by atoms with Crippen LogP contribution in [0.1, 0.15) is 50.0 Å². The lowest BCUT2D eigenvalue weighted by Gasteiger charge is -2.08. The van der Waals surface area contributed by atoms with E-state index in [-0.39, 0.29) is 0 Å². The van der Waals surface area contributed by atoms with E-state index in [1.165, 1.54) is 25.7 Å². The molecule has 0 saturated heterocycles. The Morgan fingerprint density at radius 1 is 1.40 bits per heavy atom. The molecule has 1 saturated carbocycles. The Morgan fingerprint density at radius 3 is 2.93 bits per heavy atom. The highest BCUT2D eigenvalue weighted by molar-refractivity contribution is 5.06. The topological polar surface area (TPSA) is 37.8 Å². The molecule has 1 aliphatic rings. The van der Waals surface area contributed by atoms with Gasteiger partial charge in [-0.15, -0.1) is 0 Å². The zero-order valence-electron chi connectivity index (χ0n) is 9.37. The van der Waals surface area contributed by atoms with Gasteiger partial charge in [0.2, 0.25) is 0 Å². The number of hydrogen-bond donors (Lipinski definition) is 1. The molecule has 1 aliphatic carbocycles. The zero-order valence-corrected chi connectivity index (χ0v) is 9.37. The third-order valence-electron chi connectivity index (χ3n) is 3.01. The number of aromatic nitrogens is 2. The molecule has 82 valence electrons. The standard InChI is InChI=1S/C12H19N3/c1-2-13-9-11-7-8-14-12(15-11)10-5-3-4-6-10/h7-8,10,13H,2-6,9H2,1H3. The zero-order chi connectivity index (χ0) is 10.5. The van der Waals surface area contributed by atoms with Gasteiger partial charge in [0.25, 0.3) is 0 Å². The summed E-state index contributed by atoms with van der Waals surface area (Å²) in [5.41, 5.74) is 1.12. The Labute approximate surface area is 91.3 Å². The molecule has 0 atom stereocenters. The van der Waals surface area contributed by atoms with Gasteiger partial charge in [0, 0.05) is 18.7 Å². The Balaban J connectivity index is 2.04. The van der Waals surface area contributed by atoms with Crippen molar-refractivity contribution in [2.45, 2.75) is 45.1 Å². The van der Waals surface area contributed by atoms with Crippen molar-refractivity contribution < 1.29 is 0 Å². The maximum absolute atomic E-state index is 4.62. The fourth-order valence-corrected chi connectivity index (χ4v) is 2.15. The molecule has 1 fully saturated rings. The van der Waals surface area contributed by atoms with Gasteiger partial charge in [-0.25, -0.2) is 9.97 Å². The van der Waals surface area contributed by atoms with Crippen molar-refractivity contribution in [2.24, 2.45) is 0 Å². The maximum Gasteiger partial charge on any atom is 0.131 e. The molecule has 0 aliphatic heterocycles. The van der Waals surface area contributed by atoms with Crippen LogP contribution >= 0.6 is 0 Å². The summed E-state index contributed by atoms with van der Waals surface area (Å²) in [5, 5.41) is 3.29. The molecular weight excluding hydrogens is 186 g/mol. The van der Waals surface area contributed by atoms with Gasteiger partial charge in [0.1, 0.15) is 5.82 Å². The quantitative estimate of drug-likeness (QED) is 0.819. The van der Waals surface area contributed by atoms with Crippen molar-refractivity contribution >= 4 is 0 Å². The second kappa shape index (κ2) is 5.21. The van der Waals surface area contributed by atoms with Crippen LogP contribution in [0.2, 0.25) is 0 Å². The predicted molar refractivity (Wildman–Crippen MR) is 60.6 cm³/mol. The van der Waals surface area contributed by atoms with Crippen LogP contribution in [0.25, 0.3) is 0 Å². The van der Waals surface area contributed by atoms with E-state index in [4.69, 9.17) is 0 Å². The summed E-state index contributed by atoms with van der Waals surface area (Å²) in [6, 6.07) is 2.00. The molecule has 0 aromatic carbocycles. The summed E-state index contributed by atoms with van der Waals surface area (Å²) in [6.07, 6.45) is 7.11. The maximum atomic E-state index is 4.62. The first-order valence-corrected chi connectivity index (χ1v) is 5.92. The summed E-state index contributed by atoms with van der Waals surface area (Å²) in [4.78, 5) is 9.01. The smallest absolute Gasteiger partial charge is 0.131 e. The summed E-state index contributed by atoms with van der Waals surface area (Å²) < 4.78 is 0. The van der Waals surface area contributed by atoms with Gasteiger partial charge in [-0.3, -0.25) is 0 Å². The van der Waals surface area contributed by atoms with Crippen LogP contribution in [0.15, 0.2) is 12.3 Å². The largest absolute Gasteiger partial charge is 0.311 e. The van der Waals surface area contributed by atoms with Gasteiger partial charge in [0.15, 0.2) is 0 Å². The second-order valence-corrected chi connectivity index (χ2v) is 4.17.